The highest BCUT2D eigenvalue weighted by Gasteiger charge is 2.30. The third kappa shape index (κ3) is 3.88. The third-order valence-corrected chi connectivity index (χ3v) is 4.65. The molecule has 0 atom stereocenters. The summed E-state index contributed by atoms with van der Waals surface area (Å²) in [6, 6.07) is 7.22. The second kappa shape index (κ2) is 7.08. The van der Waals surface area contributed by atoms with Crippen molar-refractivity contribution in [3.63, 3.8) is 0 Å². The number of amides is 4. The summed E-state index contributed by atoms with van der Waals surface area (Å²) >= 11 is 5.84. The Morgan fingerprint density at radius 2 is 1.87 bits per heavy atom. The van der Waals surface area contributed by atoms with Crippen LogP contribution in [0, 0.1) is 0 Å². The Balaban J connectivity index is 1.51. The molecule has 0 saturated carbocycles. The standard InChI is InChI=1S/C16H21ClN4O2/c17-12-2-4-13(5-3-12)19-16(23)20-10-6-14(7-11-20)21-9-1-8-18-15(21)22/h2-5,14H,1,6-11H2,(H,18,22)(H,19,23). The topological polar surface area (TPSA) is 64.7 Å². The summed E-state index contributed by atoms with van der Waals surface area (Å²) in [4.78, 5) is 27.9. The van der Waals surface area contributed by atoms with Gasteiger partial charge in [-0.25, -0.2) is 9.59 Å². The average Bonchev–Trinajstić information content (AvgIpc) is 2.57. The van der Waals surface area contributed by atoms with Crippen molar-refractivity contribution >= 4 is 29.4 Å². The number of carbonyl (C=O) groups is 2. The van der Waals surface area contributed by atoms with Crippen molar-refractivity contribution in [3.8, 4) is 0 Å². The quantitative estimate of drug-likeness (QED) is 0.872. The van der Waals surface area contributed by atoms with E-state index < -0.39 is 0 Å². The summed E-state index contributed by atoms with van der Waals surface area (Å²) < 4.78 is 0. The van der Waals surface area contributed by atoms with Crippen LogP contribution in [0.5, 0.6) is 0 Å². The van der Waals surface area contributed by atoms with E-state index >= 15 is 0 Å². The van der Waals surface area contributed by atoms with Gasteiger partial charge in [0.05, 0.1) is 0 Å². The zero-order valence-corrected chi connectivity index (χ0v) is 13.7. The summed E-state index contributed by atoms with van der Waals surface area (Å²) in [5.74, 6) is 0. The zero-order valence-electron chi connectivity index (χ0n) is 12.9. The van der Waals surface area contributed by atoms with Gasteiger partial charge in [-0.2, -0.15) is 0 Å². The first-order valence-corrected chi connectivity index (χ1v) is 8.37. The molecular formula is C16H21ClN4O2. The predicted octanol–water partition coefficient (Wildman–Crippen LogP) is 2.75. The van der Waals surface area contributed by atoms with Crippen LogP contribution in [-0.2, 0) is 0 Å². The summed E-state index contributed by atoms with van der Waals surface area (Å²) in [5.41, 5.74) is 0.733. The molecule has 0 radical (unpaired) electrons. The minimum Gasteiger partial charge on any atom is -0.338 e. The molecule has 2 fully saturated rings. The molecule has 0 spiro atoms. The van der Waals surface area contributed by atoms with E-state index in [-0.39, 0.29) is 18.1 Å². The van der Waals surface area contributed by atoms with E-state index in [4.69, 9.17) is 11.6 Å². The van der Waals surface area contributed by atoms with E-state index in [9.17, 15) is 9.59 Å². The van der Waals surface area contributed by atoms with Crippen LogP contribution in [-0.4, -0.2) is 54.1 Å². The van der Waals surface area contributed by atoms with E-state index in [0.717, 1.165) is 38.0 Å². The Bertz CT molecular complexity index is 570. The molecule has 124 valence electrons. The fraction of sp³-hybridized carbons (Fsp3) is 0.500. The molecule has 23 heavy (non-hydrogen) atoms. The summed E-state index contributed by atoms with van der Waals surface area (Å²) in [5, 5.41) is 6.40. The fourth-order valence-electron chi connectivity index (χ4n) is 3.11. The molecule has 6 nitrogen and oxygen atoms in total. The number of anilines is 1. The lowest BCUT2D eigenvalue weighted by Crippen LogP contribution is -2.55. The van der Waals surface area contributed by atoms with Gasteiger partial charge in [0, 0.05) is 42.9 Å². The predicted molar refractivity (Wildman–Crippen MR) is 89.8 cm³/mol. The maximum atomic E-state index is 12.3. The van der Waals surface area contributed by atoms with Crippen molar-refractivity contribution in [1.82, 2.24) is 15.1 Å². The van der Waals surface area contributed by atoms with Crippen LogP contribution < -0.4 is 10.6 Å². The Hall–Kier alpha value is -1.95. The number of hydrogen-bond acceptors (Lipinski definition) is 2. The number of halogens is 1. The number of urea groups is 2. The van der Waals surface area contributed by atoms with Gasteiger partial charge in [0.2, 0.25) is 0 Å². The van der Waals surface area contributed by atoms with Crippen LogP contribution >= 0.6 is 11.6 Å². The number of piperidine rings is 1. The van der Waals surface area contributed by atoms with Gasteiger partial charge in [-0.1, -0.05) is 11.6 Å². The van der Waals surface area contributed by atoms with Crippen LogP contribution in [0.25, 0.3) is 0 Å². The monoisotopic (exact) mass is 336 g/mol. The smallest absolute Gasteiger partial charge is 0.321 e. The lowest BCUT2D eigenvalue weighted by molar-refractivity contribution is 0.122. The molecule has 0 unspecified atom stereocenters. The molecule has 7 heteroatoms. The van der Waals surface area contributed by atoms with Gasteiger partial charge >= 0.3 is 12.1 Å². The van der Waals surface area contributed by atoms with Gasteiger partial charge in [-0.15, -0.1) is 0 Å². The first kappa shape index (κ1) is 15.9. The number of likely N-dealkylation sites (tertiary alicyclic amines) is 1. The van der Waals surface area contributed by atoms with E-state index in [0.29, 0.717) is 18.1 Å². The summed E-state index contributed by atoms with van der Waals surface area (Å²) in [6.45, 7) is 2.90. The Morgan fingerprint density at radius 1 is 1.17 bits per heavy atom. The fourth-order valence-corrected chi connectivity index (χ4v) is 3.24. The van der Waals surface area contributed by atoms with Crippen molar-refractivity contribution in [2.45, 2.75) is 25.3 Å². The van der Waals surface area contributed by atoms with Gasteiger partial charge in [0.15, 0.2) is 0 Å². The Labute approximate surface area is 140 Å². The third-order valence-electron chi connectivity index (χ3n) is 4.40. The second-order valence-corrected chi connectivity index (χ2v) is 6.37. The normalized spacial score (nSPS) is 19.4. The van der Waals surface area contributed by atoms with Gasteiger partial charge < -0.3 is 20.4 Å². The minimum absolute atomic E-state index is 0.0281. The number of nitrogens with one attached hydrogen (secondary N) is 2. The number of benzene rings is 1. The van der Waals surface area contributed by atoms with Crippen molar-refractivity contribution in [1.29, 1.82) is 0 Å². The number of carbonyl (C=O) groups excluding carboxylic acids is 2. The number of hydrogen-bond donors (Lipinski definition) is 2. The molecule has 4 amide bonds. The maximum Gasteiger partial charge on any atom is 0.321 e. The van der Waals surface area contributed by atoms with Crippen LogP contribution in [0.4, 0.5) is 15.3 Å². The van der Waals surface area contributed by atoms with Gasteiger partial charge in [0.25, 0.3) is 0 Å². The van der Waals surface area contributed by atoms with Gasteiger partial charge in [-0.05, 0) is 43.5 Å². The molecule has 0 aliphatic carbocycles. The highest BCUT2D eigenvalue weighted by molar-refractivity contribution is 6.30. The van der Waals surface area contributed by atoms with Crippen molar-refractivity contribution in [2.24, 2.45) is 0 Å². The number of rotatable bonds is 2. The van der Waals surface area contributed by atoms with Gasteiger partial charge in [-0.3, -0.25) is 0 Å². The molecule has 2 heterocycles. The van der Waals surface area contributed by atoms with Gasteiger partial charge in [0.1, 0.15) is 0 Å². The molecule has 1 aromatic rings. The first-order valence-electron chi connectivity index (χ1n) is 7.99. The van der Waals surface area contributed by atoms with E-state index in [1.165, 1.54) is 0 Å². The maximum absolute atomic E-state index is 12.3. The van der Waals surface area contributed by atoms with Crippen LogP contribution in [0.1, 0.15) is 19.3 Å². The van der Waals surface area contributed by atoms with E-state index in [1.54, 1.807) is 29.2 Å². The molecular weight excluding hydrogens is 316 g/mol. The SMILES string of the molecule is O=C(Nc1ccc(Cl)cc1)N1CCC(N2CCCNC2=O)CC1. The Kier molecular flexibility index (Phi) is 4.91. The van der Waals surface area contributed by atoms with Crippen LogP contribution in [0.2, 0.25) is 5.02 Å². The molecule has 2 aliphatic rings. The molecule has 2 N–H and O–H groups in total. The lowest BCUT2D eigenvalue weighted by atomic mass is 10.0. The highest BCUT2D eigenvalue weighted by atomic mass is 35.5. The molecule has 2 aliphatic heterocycles. The van der Waals surface area contributed by atoms with Crippen molar-refractivity contribution in [3.05, 3.63) is 29.3 Å². The average molecular weight is 337 g/mol. The van der Waals surface area contributed by atoms with E-state index in [2.05, 4.69) is 10.6 Å². The molecule has 1 aromatic carbocycles. The first-order chi connectivity index (χ1) is 11.1. The number of nitrogens with zero attached hydrogens (tertiary/aromatic N) is 2. The van der Waals surface area contributed by atoms with Crippen LogP contribution in [0.3, 0.4) is 0 Å². The van der Waals surface area contributed by atoms with Crippen molar-refractivity contribution < 1.29 is 9.59 Å². The largest absolute Gasteiger partial charge is 0.338 e. The summed E-state index contributed by atoms with van der Waals surface area (Å²) in [7, 11) is 0. The Morgan fingerprint density at radius 3 is 2.52 bits per heavy atom. The van der Waals surface area contributed by atoms with Crippen molar-refractivity contribution in [2.75, 3.05) is 31.5 Å². The second-order valence-electron chi connectivity index (χ2n) is 5.93. The minimum atomic E-state index is -0.103. The molecule has 0 bridgehead atoms. The van der Waals surface area contributed by atoms with E-state index in [1.807, 2.05) is 4.90 Å². The molecule has 2 saturated heterocycles. The lowest BCUT2D eigenvalue weighted by Gasteiger charge is -2.40. The summed E-state index contributed by atoms with van der Waals surface area (Å²) in [6.07, 6.45) is 2.63. The highest BCUT2D eigenvalue weighted by Crippen LogP contribution is 2.20. The molecule has 3 rings (SSSR count). The van der Waals surface area contributed by atoms with Crippen LogP contribution in [0.15, 0.2) is 24.3 Å². The molecule has 0 aromatic heterocycles. The zero-order chi connectivity index (χ0) is 16.2.